The summed E-state index contributed by atoms with van der Waals surface area (Å²) in [6.45, 7) is 4.54. The first-order valence-electron chi connectivity index (χ1n) is 11.0. The number of hydrogen-bond acceptors (Lipinski definition) is 6. The van der Waals surface area contributed by atoms with E-state index in [1.54, 1.807) is 13.8 Å². The van der Waals surface area contributed by atoms with Gasteiger partial charge in [-0.25, -0.2) is 4.79 Å². The van der Waals surface area contributed by atoms with Gasteiger partial charge in [-0.05, 0) is 51.5 Å². The molecule has 0 aliphatic carbocycles. The second-order valence-corrected chi connectivity index (χ2v) is 8.35. The van der Waals surface area contributed by atoms with Gasteiger partial charge in [-0.15, -0.1) is 0 Å². The van der Waals surface area contributed by atoms with Gasteiger partial charge in [0.1, 0.15) is 12.1 Å². The topological polar surface area (TPSA) is 105 Å². The third kappa shape index (κ3) is 5.25. The van der Waals surface area contributed by atoms with E-state index in [1.807, 2.05) is 30.3 Å². The number of carbonyl (C=O) groups excluding carboxylic acids is 2. The van der Waals surface area contributed by atoms with E-state index >= 15 is 0 Å². The molecule has 31 heavy (non-hydrogen) atoms. The summed E-state index contributed by atoms with van der Waals surface area (Å²) in [4.78, 5) is 39.3. The number of nitrogens with zero attached hydrogens (tertiary/aromatic N) is 1. The molecule has 1 aromatic rings. The quantitative estimate of drug-likeness (QED) is 0.573. The number of rotatable bonds is 9. The van der Waals surface area contributed by atoms with Crippen molar-refractivity contribution in [2.45, 2.75) is 69.6 Å². The molecule has 1 spiro atoms. The highest BCUT2D eigenvalue weighted by Crippen LogP contribution is 2.40. The maximum absolute atomic E-state index is 13.4. The zero-order chi connectivity index (χ0) is 22.4. The lowest BCUT2D eigenvalue weighted by atomic mass is 9.95. The molecule has 2 aliphatic rings. The van der Waals surface area contributed by atoms with Crippen molar-refractivity contribution in [3.8, 4) is 0 Å². The van der Waals surface area contributed by atoms with Gasteiger partial charge < -0.3 is 19.5 Å². The van der Waals surface area contributed by atoms with Gasteiger partial charge in [0.05, 0.1) is 24.8 Å². The van der Waals surface area contributed by atoms with E-state index in [0.717, 1.165) is 5.56 Å². The molecule has 2 N–H and O–H groups in total. The van der Waals surface area contributed by atoms with Crippen molar-refractivity contribution >= 4 is 17.8 Å². The molecule has 2 fully saturated rings. The van der Waals surface area contributed by atoms with E-state index in [9.17, 15) is 19.5 Å². The van der Waals surface area contributed by atoms with Crippen LogP contribution in [0.4, 0.5) is 0 Å². The van der Waals surface area contributed by atoms with E-state index in [2.05, 4.69) is 5.32 Å². The lowest BCUT2D eigenvalue weighted by Crippen LogP contribution is -2.59. The van der Waals surface area contributed by atoms with Crippen LogP contribution in [0.15, 0.2) is 30.3 Å². The van der Waals surface area contributed by atoms with Gasteiger partial charge in [-0.3, -0.25) is 14.9 Å². The summed E-state index contributed by atoms with van der Waals surface area (Å²) in [6.07, 6.45) is 2.77. The summed E-state index contributed by atoms with van der Waals surface area (Å²) in [5.74, 6) is -1.73. The van der Waals surface area contributed by atoms with Crippen molar-refractivity contribution in [2.75, 3.05) is 19.8 Å². The zero-order valence-electron chi connectivity index (χ0n) is 18.2. The van der Waals surface area contributed by atoms with Crippen LogP contribution >= 0.6 is 0 Å². The third-order valence-corrected chi connectivity index (χ3v) is 6.27. The Balaban J connectivity index is 1.72. The normalized spacial score (nSPS) is 24.8. The van der Waals surface area contributed by atoms with Crippen LogP contribution in [0.5, 0.6) is 0 Å². The van der Waals surface area contributed by atoms with E-state index in [0.29, 0.717) is 45.3 Å². The lowest BCUT2D eigenvalue weighted by molar-refractivity contribution is -0.154. The fourth-order valence-corrected chi connectivity index (χ4v) is 4.64. The Bertz CT molecular complexity index is 778. The van der Waals surface area contributed by atoms with Crippen LogP contribution in [0.25, 0.3) is 0 Å². The van der Waals surface area contributed by atoms with Crippen LogP contribution in [0.3, 0.4) is 0 Å². The molecule has 2 aliphatic heterocycles. The number of hydrogen-bond donors (Lipinski definition) is 2. The van der Waals surface area contributed by atoms with Gasteiger partial charge in [0, 0.05) is 6.61 Å². The molecule has 0 bridgehead atoms. The van der Waals surface area contributed by atoms with Crippen molar-refractivity contribution in [1.29, 1.82) is 0 Å². The van der Waals surface area contributed by atoms with Crippen LogP contribution < -0.4 is 5.32 Å². The molecule has 170 valence electrons. The molecule has 4 atom stereocenters. The SMILES string of the molecule is CCOC(=O)C(CCc1ccccc1)N[C@@H](C)C(=O)N1[C@H](C(=O)O)CCC12CCOC2. The highest BCUT2D eigenvalue weighted by Gasteiger charge is 2.54. The van der Waals surface area contributed by atoms with Crippen LogP contribution in [0, 0.1) is 0 Å². The molecule has 0 radical (unpaired) electrons. The van der Waals surface area contributed by atoms with Crippen LogP contribution in [0.2, 0.25) is 0 Å². The maximum atomic E-state index is 13.4. The summed E-state index contributed by atoms with van der Waals surface area (Å²) in [7, 11) is 0. The first kappa shape index (κ1) is 23.2. The number of amides is 1. The lowest BCUT2D eigenvalue weighted by Gasteiger charge is -2.38. The van der Waals surface area contributed by atoms with Gasteiger partial charge in [0.25, 0.3) is 0 Å². The number of carbonyl (C=O) groups is 3. The highest BCUT2D eigenvalue weighted by molar-refractivity contribution is 5.89. The van der Waals surface area contributed by atoms with Gasteiger partial charge in [-0.2, -0.15) is 0 Å². The Morgan fingerprint density at radius 2 is 2.03 bits per heavy atom. The predicted molar refractivity (Wildman–Crippen MR) is 113 cm³/mol. The molecule has 1 aromatic carbocycles. The summed E-state index contributed by atoms with van der Waals surface area (Å²) in [5, 5.41) is 12.8. The van der Waals surface area contributed by atoms with Crippen molar-refractivity contribution in [3.63, 3.8) is 0 Å². The number of aryl methyl sites for hydroxylation is 1. The monoisotopic (exact) mass is 432 g/mol. The number of esters is 1. The van der Waals surface area contributed by atoms with Crippen molar-refractivity contribution in [1.82, 2.24) is 10.2 Å². The molecule has 0 aromatic heterocycles. The Labute approximate surface area is 182 Å². The molecule has 0 saturated carbocycles. The van der Waals surface area contributed by atoms with E-state index in [1.165, 1.54) is 4.90 Å². The third-order valence-electron chi connectivity index (χ3n) is 6.27. The number of ether oxygens (including phenoxy) is 2. The van der Waals surface area contributed by atoms with Gasteiger partial charge in [-0.1, -0.05) is 30.3 Å². The standard InChI is InChI=1S/C23H32N2O6/c1-3-31-22(29)18(10-9-17-7-5-4-6-8-17)24-16(2)20(26)25-19(21(27)28)11-12-23(25)13-14-30-15-23/h4-8,16,18-19,24H,3,9-15H2,1-2H3,(H,27,28)/t16-,18?,19-,23?/m0/s1. The minimum absolute atomic E-state index is 0.248. The fraction of sp³-hybridized carbons (Fsp3) is 0.609. The molecule has 2 heterocycles. The first-order valence-corrected chi connectivity index (χ1v) is 11.0. The maximum Gasteiger partial charge on any atom is 0.326 e. The first-order chi connectivity index (χ1) is 14.9. The van der Waals surface area contributed by atoms with Gasteiger partial charge >= 0.3 is 11.9 Å². The van der Waals surface area contributed by atoms with E-state index in [4.69, 9.17) is 9.47 Å². The minimum atomic E-state index is -1.00. The molecule has 3 rings (SSSR count). The Kier molecular flexibility index (Phi) is 7.67. The summed E-state index contributed by atoms with van der Waals surface area (Å²) in [5.41, 5.74) is 0.518. The molecular weight excluding hydrogens is 400 g/mol. The number of likely N-dealkylation sites (tertiary alicyclic amines) is 1. The fourth-order valence-electron chi connectivity index (χ4n) is 4.64. The Morgan fingerprint density at radius 1 is 1.29 bits per heavy atom. The molecule has 2 saturated heterocycles. The van der Waals surface area contributed by atoms with Crippen molar-refractivity contribution in [2.24, 2.45) is 0 Å². The number of aliphatic carboxylic acids is 1. The second kappa shape index (κ2) is 10.2. The van der Waals surface area contributed by atoms with Crippen molar-refractivity contribution < 1.29 is 29.0 Å². The molecule has 2 unspecified atom stereocenters. The number of benzene rings is 1. The number of carboxylic acid groups (broad SMARTS) is 1. The second-order valence-electron chi connectivity index (χ2n) is 8.35. The molecule has 1 amide bonds. The number of carboxylic acids is 1. The average molecular weight is 433 g/mol. The van der Waals surface area contributed by atoms with Gasteiger partial charge in [0.15, 0.2) is 0 Å². The molecular formula is C23H32N2O6. The summed E-state index contributed by atoms with van der Waals surface area (Å²) >= 11 is 0. The Morgan fingerprint density at radius 3 is 2.65 bits per heavy atom. The highest BCUT2D eigenvalue weighted by atomic mass is 16.5. The summed E-state index contributed by atoms with van der Waals surface area (Å²) < 4.78 is 10.7. The van der Waals surface area contributed by atoms with Crippen LogP contribution in [-0.2, 0) is 30.3 Å². The molecule has 8 heteroatoms. The largest absolute Gasteiger partial charge is 0.480 e. The smallest absolute Gasteiger partial charge is 0.326 e. The summed E-state index contributed by atoms with van der Waals surface area (Å²) in [6, 6.07) is 7.52. The number of nitrogens with one attached hydrogen (secondary N) is 1. The zero-order valence-corrected chi connectivity index (χ0v) is 18.2. The average Bonchev–Trinajstić information content (AvgIpc) is 3.38. The van der Waals surface area contributed by atoms with Crippen LogP contribution in [-0.4, -0.2) is 71.3 Å². The molecule has 8 nitrogen and oxygen atoms in total. The predicted octanol–water partition coefficient (Wildman–Crippen LogP) is 1.76. The van der Waals surface area contributed by atoms with Crippen LogP contribution in [0.1, 0.15) is 45.1 Å². The van der Waals surface area contributed by atoms with E-state index < -0.39 is 35.6 Å². The Hall–Kier alpha value is -2.45. The minimum Gasteiger partial charge on any atom is -0.480 e. The van der Waals surface area contributed by atoms with Gasteiger partial charge in [0.2, 0.25) is 5.91 Å². The van der Waals surface area contributed by atoms with Crippen molar-refractivity contribution in [3.05, 3.63) is 35.9 Å². The van der Waals surface area contributed by atoms with E-state index in [-0.39, 0.29) is 12.5 Å².